The van der Waals surface area contributed by atoms with E-state index in [9.17, 15) is 4.79 Å². The Morgan fingerprint density at radius 3 is 2.81 bits per heavy atom. The number of hydrogen-bond donors (Lipinski definition) is 1. The van der Waals surface area contributed by atoms with Crippen molar-refractivity contribution >= 4 is 17.5 Å². The van der Waals surface area contributed by atoms with Crippen LogP contribution in [0.25, 0.3) is 0 Å². The van der Waals surface area contributed by atoms with Gasteiger partial charge in [-0.05, 0) is 31.7 Å². The lowest BCUT2D eigenvalue weighted by Crippen LogP contribution is -2.47. The highest BCUT2D eigenvalue weighted by Crippen LogP contribution is 2.21. The third-order valence-electron chi connectivity index (χ3n) is 4.14. The van der Waals surface area contributed by atoms with E-state index >= 15 is 0 Å². The Balaban J connectivity index is 1.83. The molecule has 0 bridgehead atoms. The number of nitrogens with zero attached hydrogens (tertiary/aromatic N) is 2. The molecule has 1 amide bonds. The zero-order valence-electron chi connectivity index (χ0n) is 12.8. The van der Waals surface area contributed by atoms with Crippen LogP contribution in [0.3, 0.4) is 0 Å². The summed E-state index contributed by atoms with van der Waals surface area (Å²) in [6.07, 6.45) is 0.571. The van der Waals surface area contributed by atoms with E-state index in [0.717, 1.165) is 37.7 Å². The number of nitrogens with one attached hydrogen (secondary N) is 1. The van der Waals surface area contributed by atoms with Gasteiger partial charge in [-0.1, -0.05) is 23.7 Å². The van der Waals surface area contributed by atoms with Gasteiger partial charge in [-0.25, -0.2) is 0 Å². The molecule has 1 aromatic rings. The first kappa shape index (κ1) is 16.3. The molecule has 0 aromatic heterocycles. The third kappa shape index (κ3) is 4.70. The fourth-order valence-electron chi connectivity index (χ4n) is 2.56. The van der Waals surface area contributed by atoms with Gasteiger partial charge in [0.15, 0.2) is 0 Å². The van der Waals surface area contributed by atoms with Gasteiger partial charge >= 0.3 is 0 Å². The standard InChI is InChI=1S/C16H24ClN3O/c1-13(14-4-3-5-15(17)12-14)19(2)9-6-16(21)20-10-7-18-8-11-20/h3-5,12-13,18H,6-11H2,1-2H3. The molecular weight excluding hydrogens is 286 g/mol. The van der Waals surface area contributed by atoms with Gasteiger partial charge in [0.25, 0.3) is 0 Å². The Morgan fingerprint density at radius 2 is 2.14 bits per heavy atom. The predicted octanol–water partition coefficient (Wildman–Crippen LogP) is 2.15. The molecule has 1 unspecified atom stereocenters. The van der Waals surface area contributed by atoms with Crippen molar-refractivity contribution in [3.8, 4) is 0 Å². The first-order valence-electron chi connectivity index (χ1n) is 7.52. The maximum absolute atomic E-state index is 12.2. The second-order valence-corrected chi connectivity index (χ2v) is 6.03. The van der Waals surface area contributed by atoms with Gasteiger partial charge < -0.3 is 10.2 Å². The van der Waals surface area contributed by atoms with Gasteiger partial charge in [-0.3, -0.25) is 9.69 Å². The Bertz CT molecular complexity index is 474. The van der Waals surface area contributed by atoms with Crippen molar-refractivity contribution in [3.63, 3.8) is 0 Å². The van der Waals surface area contributed by atoms with Crippen molar-refractivity contribution in [2.75, 3.05) is 39.8 Å². The van der Waals surface area contributed by atoms with Gasteiger partial charge in [0.05, 0.1) is 0 Å². The Morgan fingerprint density at radius 1 is 1.43 bits per heavy atom. The van der Waals surface area contributed by atoms with E-state index in [1.807, 2.05) is 23.1 Å². The van der Waals surface area contributed by atoms with Crippen molar-refractivity contribution in [2.24, 2.45) is 0 Å². The summed E-state index contributed by atoms with van der Waals surface area (Å²) in [5.41, 5.74) is 1.18. The molecule has 21 heavy (non-hydrogen) atoms. The molecular formula is C16H24ClN3O. The Labute approximate surface area is 132 Å². The van der Waals surface area contributed by atoms with Crippen LogP contribution in [0.15, 0.2) is 24.3 Å². The summed E-state index contributed by atoms with van der Waals surface area (Å²) in [6.45, 7) is 6.36. The summed E-state index contributed by atoms with van der Waals surface area (Å²) in [4.78, 5) is 16.3. The molecule has 0 spiro atoms. The monoisotopic (exact) mass is 309 g/mol. The molecule has 1 aromatic carbocycles. The summed E-state index contributed by atoms with van der Waals surface area (Å²) in [5, 5.41) is 4.02. The number of hydrogen-bond acceptors (Lipinski definition) is 3. The van der Waals surface area contributed by atoms with Crippen LogP contribution in [0.2, 0.25) is 5.02 Å². The average Bonchev–Trinajstić information content (AvgIpc) is 2.52. The van der Waals surface area contributed by atoms with Crippen molar-refractivity contribution in [2.45, 2.75) is 19.4 Å². The SMILES string of the molecule is CC(c1cccc(Cl)c1)N(C)CCC(=O)N1CCNCC1. The Hall–Kier alpha value is -1.10. The first-order chi connectivity index (χ1) is 10.1. The van der Waals surface area contributed by atoms with Crippen molar-refractivity contribution in [3.05, 3.63) is 34.9 Å². The van der Waals surface area contributed by atoms with Crippen LogP contribution >= 0.6 is 11.6 Å². The van der Waals surface area contributed by atoms with Crippen molar-refractivity contribution < 1.29 is 4.79 Å². The molecule has 1 atom stereocenters. The molecule has 1 heterocycles. The molecule has 1 aliphatic heterocycles. The summed E-state index contributed by atoms with van der Waals surface area (Å²) in [6, 6.07) is 8.16. The molecule has 1 fully saturated rings. The molecule has 2 rings (SSSR count). The van der Waals surface area contributed by atoms with Gasteiger partial charge in [-0.2, -0.15) is 0 Å². The van der Waals surface area contributed by atoms with Crippen LogP contribution < -0.4 is 5.32 Å². The molecule has 0 aliphatic carbocycles. The van der Waals surface area contributed by atoms with Crippen LogP contribution in [-0.4, -0.2) is 55.5 Å². The van der Waals surface area contributed by atoms with E-state index in [1.54, 1.807) is 0 Å². The zero-order valence-corrected chi connectivity index (χ0v) is 13.6. The van der Waals surface area contributed by atoms with Gasteiger partial charge in [0, 0.05) is 50.2 Å². The number of rotatable bonds is 5. The largest absolute Gasteiger partial charge is 0.340 e. The molecule has 4 nitrogen and oxygen atoms in total. The van der Waals surface area contributed by atoms with E-state index in [-0.39, 0.29) is 11.9 Å². The second kappa shape index (κ2) is 7.78. The maximum Gasteiger partial charge on any atom is 0.223 e. The predicted molar refractivity (Wildman–Crippen MR) is 86.6 cm³/mol. The fraction of sp³-hybridized carbons (Fsp3) is 0.562. The van der Waals surface area contributed by atoms with Crippen molar-refractivity contribution in [1.29, 1.82) is 0 Å². The second-order valence-electron chi connectivity index (χ2n) is 5.59. The van der Waals surface area contributed by atoms with Crippen LogP contribution in [0, 0.1) is 0 Å². The number of piperazine rings is 1. The molecule has 116 valence electrons. The lowest BCUT2D eigenvalue weighted by atomic mass is 10.1. The number of benzene rings is 1. The lowest BCUT2D eigenvalue weighted by molar-refractivity contribution is -0.132. The quantitative estimate of drug-likeness (QED) is 0.905. The molecule has 0 radical (unpaired) electrons. The van der Waals surface area contributed by atoms with E-state index in [1.165, 1.54) is 5.56 Å². The highest BCUT2D eigenvalue weighted by Gasteiger charge is 2.18. The summed E-state index contributed by atoms with van der Waals surface area (Å²) < 4.78 is 0. The summed E-state index contributed by atoms with van der Waals surface area (Å²) in [7, 11) is 2.05. The van der Waals surface area contributed by atoms with E-state index in [0.29, 0.717) is 6.42 Å². The smallest absolute Gasteiger partial charge is 0.223 e. The van der Waals surface area contributed by atoms with Crippen LogP contribution in [0.5, 0.6) is 0 Å². The lowest BCUT2D eigenvalue weighted by Gasteiger charge is -2.29. The van der Waals surface area contributed by atoms with Crippen LogP contribution in [0.4, 0.5) is 0 Å². The van der Waals surface area contributed by atoms with Crippen LogP contribution in [0.1, 0.15) is 24.9 Å². The highest BCUT2D eigenvalue weighted by molar-refractivity contribution is 6.30. The number of carbonyl (C=O) groups excluding carboxylic acids is 1. The minimum atomic E-state index is 0.250. The third-order valence-corrected chi connectivity index (χ3v) is 4.38. The van der Waals surface area contributed by atoms with Gasteiger partial charge in [0.2, 0.25) is 5.91 Å². The first-order valence-corrected chi connectivity index (χ1v) is 7.90. The minimum Gasteiger partial charge on any atom is -0.340 e. The van der Waals surface area contributed by atoms with Gasteiger partial charge in [0.1, 0.15) is 0 Å². The topological polar surface area (TPSA) is 35.6 Å². The van der Waals surface area contributed by atoms with E-state index in [2.05, 4.69) is 30.3 Å². The average molecular weight is 310 g/mol. The molecule has 0 saturated carbocycles. The van der Waals surface area contributed by atoms with E-state index in [4.69, 9.17) is 11.6 Å². The minimum absolute atomic E-state index is 0.250. The highest BCUT2D eigenvalue weighted by atomic mass is 35.5. The number of carbonyl (C=O) groups is 1. The molecule has 1 aliphatic rings. The summed E-state index contributed by atoms with van der Waals surface area (Å²) in [5.74, 6) is 0.252. The normalized spacial score (nSPS) is 17.0. The molecule has 5 heteroatoms. The van der Waals surface area contributed by atoms with Gasteiger partial charge in [-0.15, -0.1) is 0 Å². The fourth-order valence-corrected chi connectivity index (χ4v) is 2.76. The maximum atomic E-state index is 12.2. The summed E-state index contributed by atoms with van der Waals surface area (Å²) >= 11 is 6.04. The van der Waals surface area contributed by atoms with Crippen LogP contribution in [-0.2, 0) is 4.79 Å². The molecule has 1 N–H and O–H groups in total. The molecule has 1 saturated heterocycles. The van der Waals surface area contributed by atoms with Crippen molar-refractivity contribution in [1.82, 2.24) is 15.1 Å². The number of amides is 1. The van der Waals surface area contributed by atoms with E-state index < -0.39 is 0 Å². The zero-order chi connectivity index (χ0) is 15.2. The number of halogens is 1. The Kier molecular flexibility index (Phi) is 6.03.